The summed E-state index contributed by atoms with van der Waals surface area (Å²) in [6, 6.07) is 6.28. The third-order valence-electron chi connectivity index (χ3n) is 3.50. The Balaban J connectivity index is 2.03. The van der Waals surface area contributed by atoms with Gasteiger partial charge in [-0.3, -0.25) is 4.79 Å². The highest BCUT2D eigenvalue weighted by Gasteiger charge is 2.17. The highest BCUT2D eigenvalue weighted by molar-refractivity contribution is 7.99. The van der Waals surface area contributed by atoms with Gasteiger partial charge in [0.25, 0.3) is 0 Å². The standard InChI is InChI=1S/C15H20FN5OS/c1-9(2)10(3)18-13(22)8-23-15-20-19-14(21(15)17)11-6-4-5-7-12(11)16/h4-7,9-10H,8,17H2,1-3H3,(H,18,22)/t10-/m0/s1. The molecule has 2 rings (SSSR count). The fraction of sp³-hybridized carbons (Fsp3) is 0.400. The Kier molecular flexibility index (Phi) is 5.59. The molecule has 1 aromatic heterocycles. The number of aromatic nitrogens is 3. The zero-order chi connectivity index (χ0) is 17.0. The lowest BCUT2D eigenvalue weighted by Gasteiger charge is -2.16. The molecule has 0 aliphatic rings. The van der Waals surface area contributed by atoms with Crippen LogP contribution in [0.4, 0.5) is 4.39 Å². The fourth-order valence-electron chi connectivity index (χ4n) is 1.79. The molecule has 0 radical (unpaired) electrons. The van der Waals surface area contributed by atoms with Gasteiger partial charge in [0.05, 0.1) is 11.3 Å². The second kappa shape index (κ2) is 7.45. The van der Waals surface area contributed by atoms with Crippen LogP contribution in [-0.2, 0) is 4.79 Å². The number of nitrogens with one attached hydrogen (secondary N) is 1. The molecule has 124 valence electrons. The lowest BCUT2D eigenvalue weighted by molar-refractivity contribution is -0.119. The van der Waals surface area contributed by atoms with Crippen molar-refractivity contribution in [1.29, 1.82) is 0 Å². The molecular weight excluding hydrogens is 317 g/mol. The van der Waals surface area contributed by atoms with Gasteiger partial charge in [-0.1, -0.05) is 37.7 Å². The van der Waals surface area contributed by atoms with Gasteiger partial charge in [-0.15, -0.1) is 10.2 Å². The maximum absolute atomic E-state index is 13.8. The van der Waals surface area contributed by atoms with Crippen molar-refractivity contribution in [3.63, 3.8) is 0 Å². The molecule has 3 N–H and O–H groups in total. The molecule has 23 heavy (non-hydrogen) atoms. The van der Waals surface area contributed by atoms with Crippen molar-refractivity contribution in [2.24, 2.45) is 5.92 Å². The van der Waals surface area contributed by atoms with Crippen molar-refractivity contribution in [2.45, 2.75) is 32.0 Å². The first-order valence-electron chi connectivity index (χ1n) is 7.27. The van der Waals surface area contributed by atoms with Crippen LogP contribution < -0.4 is 11.2 Å². The van der Waals surface area contributed by atoms with E-state index in [-0.39, 0.29) is 29.1 Å². The van der Waals surface area contributed by atoms with Crippen LogP contribution >= 0.6 is 11.8 Å². The van der Waals surface area contributed by atoms with E-state index in [4.69, 9.17) is 5.84 Å². The van der Waals surface area contributed by atoms with E-state index in [9.17, 15) is 9.18 Å². The fourth-order valence-corrected chi connectivity index (χ4v) is 2.46. The van der Waals surface area contributed by atoms with Crippen LogP contribution in [0.15, 0.2) is 29.4 Å². The number of nitrogen functional groups attached to an aromatic ring is 1. The minimum Gasteiger partial charge on any atom is -0.353 e. The molecule has 0 unspecified atom stereocenters. The zero-order valence-electron chi connectivity index (χ0n) is 13.3. The molecule has 1 amide bonds. The average molecular weight is 337 g/mol. The lowest BCUT2D eigenvalue weighted by atomic mass is 10.1. The molecule has 1 aromatic carbocycles. The largest absolute Gasteiger partial charge is 0.353 e. The van der Waals surface area contributed by atoms with Crippen LogP contribution in [0.1, 0.15) is 20.8 Å². The van der Waals surface area contributed by atoms with E-state index in [0.717, 1.165) is 11.8 Å². The number of thioether (sulfide) groups is 1. The molecule has 1 atom stereocenters. The van der Waals surface area contributed by atoms with Crippen LogP contribution in [0.2, 0.25) is 0 Å². The van der Waals surface area contributed by atoms with Crippen LogP contribution in [-0.4, -0.2) is 32.6 Å². The first-order chi connectivity index (χ1) is 10.9. The topological polar surface area (TPSA) is 85.8 Å². The van der Waals surface area contributed by atoms with E-state index >= 15 is 0 Å². The molecule has 1 heterocycles. The first-order valence-corrected chi connectivity index (χ1v) is 8.26. The number of carbonyl (C=O) groups excluding carboxylic acids is 1. The molecule has 0 saturated heterocycles. The number of hydrogen-bond acceptors (Lipinski definition) is 5. The van der Waals surface area contributed by atoms with E-state index in [1.54, 1.807) is 18.2 Å². The van der Waals surface area contributed by atoms with Gasteiger partial charge in [0.15, 0.2) is 5.82 Å². The van der Waals surface area contributed by atoms with Gasteiger partial charge < -0.3 is 11.2 Å². The number of nitrogens with two attached hydrogens (primary N) is 1. The predicted molar refractivity (Wildman–Crippen MR) is 88.7 cm³/mol. The summed E-state index contributed by atoms with van der Waals surface area (Å²) >= 11 is 1.16. The third kappa shape index (κ3) is 4.22. The number of amides is 1. The maximum atomic E-state index is 13.8. The highest BCUT2D eigenvalue weighted by Crippen LogP contribution is 2.23. The quantitative estimate of drug-likeness (QED) is 0.622. The number of benzene rings is 1. The minimum atomic E-state index is -0.424. The van der Waals surface area contributed by atoms with Crippen molar-refractivity contribution in [2.75, 3.05) is 11.6 Å². The second-order valence-corrected chi connectivity index (χ2v) is 6.49. The van der Waals surface area contributed by atoms with Crippen LogP contribution in [0, 0.1) is 11.7 Å². The minimum absolute atomic E-state index is 0.0906. The van der Waals surface area contributed by atoms with Gasteiger partial charge >= 0.3 is 0 Å². The van der Waals surface area contributed by atoms with Gasteiger partial charge in [-0.2, -0.15) is 0 Å². The third-order valence-corrected chi connectivity index (χ3v) is 4.44. The van der Waals surface area contributed by atoms with Crippen molar-refractivity contribution in [1.82, 2.24) is 20.2 Å². The predicted octanol–water partition coefficient (Wildman–Crippen LogP) is 2.05. The Labute approximate surface area is 138 Å². The normalized spacial score (nSPS) is 12.4. The number of carbonyl (C=O) groups is 1. The van der Waals surface area contributed by atoms with Crippen LogP contribution in [0.3, 0.4) is 0 Å². The average Bonchev–Trinajstić information content (AvgIpc) is 2.86. The van der Waals surface area contributed by atoms with Crippen molar-refractivity contribution in [3.8, 4) is 11.4 Å². The van der Waals surface area contributed by atoms with Gasteiger partial charge in [0.2, 0.25) is 11.1 Å². The van der Waals surface area contributed by atoms with E-state index in [1.807, 2.05) is 20.8 Å². The van der Waals surface area contributed by atoms with Crippen molar-refractivity contribution in [3.05, 3.63) is 30.1 Å². The summed E-state index contributed by atoms with van der Waals surface area (Å²) < 4.78 is 15.0. The lowest BCUT2D eigenvalue weighted by Crippen LogP contribution is -2.37. The second-order valence-electron chi connectivity index (χ2n) is 5.54. The SMILES string of the molecule is CC(C)[C@H](C)NC(=O)CSc1nnc(-c2ccccc2F)n1N. The van der Waals surface area contributed by atoms with Crippen LogP contribution in [0.25, 0.3) is 11.4 Å². The summed E-state index contributed by atoms with van der Waals surface area (Å²) in [5, 5.41) is 11.1. The molecule has 0 bridgehead atoms. The summed E-state index contributed by atoms with van der Waals surface area (Å²) in [7, 11) is 0. The molecule has 2 aromatic rings. The van der Waals surface area contributed by atoms with E-state index in [1.165, 1.54) is 10.7 Å². The van der Waals surface area contributed by atoms with Gasteiger partial charge in [0.1, 0.15) is 5.82 Å². The summed E-state index contributed by atoms with van der Waals surface area (Å²) in [5.41, 5.74) is 0.271. The molecule has 0 spiro atoms. The van der Waals surface area contributed by atoms with E-state index in [0.29, 0.717) is 11.1 Å². The first kappa shape index (κ1) is 17.3. The summed E-state index contributed by atoms with van der Waals surface area (Å²) in [5.74, 6) is 6.13. The Morgan fingerprint density at radius 1 is 1.35 bits per heavy atom. The monoisotopic (exact) mass is 337 g/mol. The molecule has 0 aliphatic heterocycles. The van der Waals surface area contributed by atoms with Gasteiger partial charge in [-0.25, -0.2) is 9.07 Å². The Bertz CT molecular complexity index is 688. The van der Waals surface area contributed by atoms with E-state index in [2.05, 4.69) is 15.5 Å². The van der Waals surface area contributed by atoms with Crippen LogP contribution in [0.5, 0.6) is 0 Å². The molecule has 0 saturated carbocycles. The van der Waals surface area contributed by atoms with E-state index < -0.39 is 5.82 Å². The number of nitrogens with zero attached hydrogens (tertiary/aromatic N) is 3. The number of rotatable bonds is 6. The van der Waals surface area contributed by atoms with Gasteiger partial charge in [0, 0.05) is 6.04 Å². The Morgan fingerprint density at radius 3 is 2.70 bits per heavy atom. The number of hydrogen-bond donors (Lipinski definition) is 2. The van der Waals surface area contributed by atoms with Crippen molar-refractivity contribution >= 4 is 17.7 Å². The van der Waals surface area contributed by atoms with Crippen molar-refractivity contribution < 1.29 is 9.18 Å². The zero-order valence-corrected chi connectivity index (χ0v) is 14.1. The molecule has 8 heteroatoms. The summed E-state index contributed by atoms with van der Waals surface area (Å²) in [6.45, 7) is 6.03. The molecule has 6 nitrogen and oxygen atoms in total. The Hall–Kier alpha value is -2.09. The number of halogens is 1. The smallest absolute Gasteiger partial charge is 0.230 e. The molecule has 0 fully saturated rings. The van der Waals surface area contributed by atoms with Gasteiger partial charge in [-0.05, 0) is 25.0 Å². The summed E-state index contributed by atoms with van der Waals surface area (Å²) in [6.07, 6.45) is 0. The molecule has 0 aliphatic carbocycles. The highest BCUT2D eigenvalue weighted by atomic mass is 32.2. The maximum Gasteiger partial charge on any atom is 0.230 e. The summed E-state index contributed by atoms with van der Waals surface area (Å²) in [4.78, 5) is 11.9. The molecular formula is C15H20FN5OS. The Morgan fingerprint density at radius 2 is 2.04 bits per heavy atom.